The quantitative estimate of drug-likeness (QED) is 0.0913. The van der Waals surface area contributed by atoms with E-state index in [9.17, 15) is 19.2 Å². The summed E-state index contributed by atoms with van der Waals surface area (Å²) in [6.45, 7) is 0.482. The third kappa shape index (κ3) is 9.49. The Kier molecular flexibility index (Phi) is 11.4. The van der Waals surface area contributed by atoms with E-state index in [1.807, 2.05) is 0 Å². The summed E-state index contributed by atoms with van der Waals surface area (Å²) < 4.78 is 5.00. The molecule has 0 aliphatic rings. The number of ether oxygens (including phenoxy) is 1. The Morgan fingerprint density at radius 2 is 1.59 bits per heavy atom. The molecule has 11 nitrogen and oxygen atoms in total. The second-order valence-electron chi connectivity index (χ2n) is 7.03. The van der Waals surface area contributed by atoms with Crippen LogP contribution < -0.4 is 21.5 Å². The molecule has 0 aliphatic heterocycles. The van der Waals surface area contributed by atoms with Crippen LogP contribution in [0.4, 0.5) is 0 Å². The molecule has 8 N–H and O–H groups in total. The number of carboxylic acid groups (broad SMARTS) is 2. The van der Waals surface area contributed by atoms with Crippen LogP contribution >= 0.6 is 0 Å². The van der Waals surface area contributed by atoms with Crippen LogP contribution in [0.25, 0.3) is 0 Å². The molecule has 2 aromatic rings. The van der Waals surface area contributed by atoms with Crippen molar-refractivity contribution < 1.29 is 34.1 Å². The summed E-state index contributed by atoms with van der Waals surface area (Å²) in [5, 5.41) is 26.8. The van der Waals surface area contributed by atoms with Crippen LogP contribution in [0.3, 0.4) is 0 Å². The molecule has 0 radical (unpaired) electrons. The van der Waals surface area contributed by atoms with Gasteiger partial charge >= 0.3 is 11.9 Å². The van der Waals surface area contributed by atoms with Crippen molar-refractivity contribution in [1.82, 2.24) is 5.32 Å². The lowest BCUT2D eigenvalue weighted by atomic mass is 9.98. The van der Waals surface area contributed by atoms with Gasteiger partial charge in [-0.1, -0.05) is 18.2 Å². The lowest BCUT2D eigenvalue weighted by Gasteiger charge is -2.06. The first-order valence-electron chi connectivity index (χ1n) is 10.2. The van der Waals surface area contributed by atoms with E-state index in [1.165, 1.54) is 25.3 Å². The van der Waals surface area contributed by atoms with Crippen LogP contribution in [0.5, 0.6) is 5.75 Å². The predicted molar refractivity (Wildman–Crippen MR) is 124 cm³/mol. The second kappa shape index (κ2) is 14.0. The minimum Gasteiger partial charge on any atom is -0.497 e. The van der Waals surface area contributed by atoms with Gasteiger partial charge in [0, 0.05) is 17.7 Å². The minimum atomic E-state index is -1.19. The van der Waals surface area contributed by atoms with Crippen LogP contribution in [-0.2, 0) is 4.79 Å². The minimum absolute atomic E-state index is 0.0388. The molecule has 182 valence electrons. The van der Waals surface area contributed by atoms with Gasteiger partial charge in [-0.3, -0.25) is 19.8 Å². The molecule has 34 heavy (non-hydrogen) atoms. The second-order valence-corrected chi connectivity index (χ2v) is 7.03. The van der Waals surface area contributed by atoms with Crippen molar-refractivity contribution >= 4 is 29.5 Å². The van der Waals surface area contributed by atoms with E-state index >= 15 is 0 Å². The highest BCUT2D eigenvalue weighted by atomic mass is 16.5. The third-order valence-electron chi connectivity index (χ3n) is 4.52. The molecule has 11 heteroatoms. The molecule has 2 rings (SSSR count). The zero-order valence-electron chi connectivity index (χ0n) is 18.6. The van der Waals surface area contributed by atoms with E-state index in [0.29, 0.717) is 30.7 Å². The van der Waals surface area contributed by atoms with Crippen molar-refractivity contribution in [3.8, 4) is 5.75 Å². The van der Waals surface area contributed by atoms with Crippen molar-refractivity contribution in [3.05, 3.63) is 65.2 Å². The van der Waals surface area contributed by atoms with Crippen molar-refractivity contribution in [3.63, 3.8) is 0 Å². The monoisotopic (exact) mass is 472 g/mol. The molecular formula is C23H28N4O7. The van der Waals surface area contributed by atoms with Crippen LogP contribution in [0.15, 0.2) is 48.5 Å². The van der Waals surface area contributed by atoms with Gasteiger partial charge in [-0.2, -0.15) is 0 Å². The highest BCUT2D eigenvalue weighted by molar-refractivity contribution is 6.16. The van der Waals surface area contributed by atoms with Gasteiger partial charge < -0.3 is 31.7 Å². The topological polar surface area (TPSA) is 206 Å². The Bertz CT molecular complexity index is 1020. The largest absolute Gasteiger partial charge is 0.497 e. The fraction of sp³-hybridized carbons (Fsp3) is 0.261. The number of aromatic carboxylic acids is 1. The summed E-state index contributed by atoms with van der Waals surface area (Å²) in [4.78, 5) is 45.6. The normalized spacial score (nSPS) is 10.8. The van der Waals surface area contributed by atoms with Crippen LogP contribution in [0.1, 0.15) is 50.3 Å². The molecule has 0 fully saturated rings. The van der Waals surface area contributed by atoms with Gasteiger partial charge in [0.2, 0.25) is 0 Å². The highest BCUT2D eigenvalue weighted by Gasteiger charge is 2.19. The standard InChI is InChI=1S/C17H14O5.C6H14N4O2/c1-22-12-8-6-11(7-9-12)15(18)10-16(19)13-4-2-3-5-14(13)17(20)21;7-4(5(11)12)2-1-3-10-6(8)9/h2-9H,10H2,1H3,(H,20,21);4H,1-3,7H2,(H,11,12)(H4,8,9,10)/t;4-/m.0/s1. The fourth-order valence-corrected chi connectivity index (χ4v) is 2.70. The van der Waals surface area contributed by atoms with Gasteiger partial charge in [0.25, 0.3) is 0 Å². The Morgan fingerprint density at radius 1 is 1.00 bits per heavy atom. The molecule has 0 unspecified atom stereocenters. The first-order chi connectivity index (χ1) is 16.1. The third-order valence-corrected chi connectivity index (χ3v) is 4.52. The van der Waals surface area contributed by atoms with E-state index < -0.39 is 23.8 Å². The molecule has 0 heterocycles. The lowest BCUT2D eigenvalue weighted by molar-refractivity contribution is -0.138. The van der Waals surface area contributed by atoms with E-state index in [-0.39, 0.29) is 29.3 Å². The maximum atomic E-state index is 12.2. The van der Waals surface area contributed by atoms with E-state index in [4.69, 9.17) is 31.8 Å². The Labute approximate surface area is 196 Å². The number of hydrogen-bond donors (Lipinski definition) is 6. The summed E-state index contributed by atoms with van der Waals surface area (Å²) in [5.41, 5.74) is 10.5. The SMILES string of the molecule is COc1ccc(C(=O)CC(=O)c2ccccc2C(=O)O)cc1.N=C(N)NCCC[C@H](N)C(=O)O. The molecule has 0 spiro atoms. The Morgan fingerprint density at radius 3 is 2.09 bits per heavy atom. The van der Waals surface area contributed by atoms with Gasteiger partial charge in [0.1, 0.15) is 11.8 Å². The van der Waals surface area contributed by atoms with Crippen LogP contribution in [0.2, 0.25) is 0 Å². The number of nitrogens with one attached hydrogen (secondary N) is 2. The summed E-state index contributed by atoms with van der Waals surface area (Å²) in [5.74, 6) is -2.58. The van der Waals surface area contributed by atoms with Crippen LogP contribution in [-0.4, -0.2) is 59.4 Å². The van der Waals surface area contributed by atoms with Gasteiger partial charge in [0.15, 0.2) is 17.5 Å². The number of Topliss-reactive ketones (excluding diaryl/α,β-unsaturated/α-hetero) is 2. The first kappa shape index (κ1) is 27.8. The molecule has 0 aliphatic carbocycles. The molecule has 0 amide bonds. The van der Waals surface area contributed by atoms with Gasteiger partial charge in [-0.05, 0) is 43.2 Å². The zero-order chi connectivity index (χ0) is 25.7. The number of hydrogen-bond acceptors (Lipinski definition) is 7. The molecule has 2 aromatic carbocycles. The molecular weight excluding hydrogens is 444 g/mol. The zero-order valence-corrected chi connectivity index (χ0v) is 18.6. The van der Waals surface area contributed by atoms with Crippen molar-refractivity contribution in [2.45, 2.75) is 25.3 Å². The maximum Gasteiger partial charge on any atom is 0.336 e. The van der Waals surface area contributed by atoms with Crippen molar-refractivity contribution in [2.24, 2.45) is 11.5 Å². The van der Waals surface area contributed by atoms with Crippen LogP contribution in [0, 0.1) is 5.41 Å². The number of methoxy groups -OCH3 is 1. The predicted octanol–water partition coefficient (Wildman–Crippen LogP) is 1.51. The number of benzene rings is 2. The van der Waals surface area contributed by atoms with E-state index in [0.717, 1.165) is 0 Å². The molecule has 0 bridgehead atoms. The van der Waals surface area contributed by atoms with Gasteiger partial charge in [0.05, 0.1) is 19.1 Å². The molecule has 0 saturated carbocycles. The smallest absolute Gasteiger partial charge is 0.336 e. The van der Waals surface area contributed by atoms with Crippen molar-refractivity contribution in [1.29, 1.82) is 5.41 Å². The summed E-state index contributed by atoms with van der Waals surface area (Å²) >= 11 is 0. The highest BCUT2D eigenvalue weighted by Crippen LogP contribution is 2.16. The summed E-state index contributed by atoms with van der Waals surface area (Å²) in [7, 11) is 1.52. The summed E-state index contributed by atoms with van der Waals surface area (Å²) in [6.07, 6.45) is 0.597. The fourth-order valence-electron chi connectivity index (χ4n) is 2.70. The number of guanidine groups is 1. The molecule has 0 aromatic heterocycles. The average molecular weight is 472 g/mol. The summed E-state index contributed by atoms with van der Waals surface area (Å²) in [6, 6.07) is 11.4. The number of rotatable bonds is 11. The van der Waals surface area contributed by atoms with E-state index in [2.05, 4.69) is 5.32 Å². The Balaban J connectivity index is 0.000000411. The van der Waals surface area contributed by atoms with E-state index in [1.54, 1.807) is 30.3 Å². The maximum absolute atomic E-state index is 12.2. The number of carboxylic acids is 2. The van der Waals surface area contributed by atoms with Gasteiger partial charge in [-0.25, -0.2) is 4.79 Å². The Hall–Kier alpha value is -4.25. The number of ketones is 2. The number of carbonyl (C=O) groups is 4. The number of nitrogens with two attached hydrogens (primary N) is 2. The lowest BCUT2D eigenvalue weighted by Crippen LogP contribution is -2.34. The molecule has 0 saturated heterocycles. The number of carbonyl (C=O) groups excluding carboxylic acids is 2. The van der Waals surface area contributed by atoms with Crippen molar-refractivity contribution in [2.75, 3.05) is 13.7 Å². The first-order valence-corrected chi connectivity index (χ1v) is 10.2. The molecule has 1 atom stereocenters. The van der Waals surface area contributed by atoms with Gasteiger partial charge in [-0.15, -0.1) is 0 Å². The number of aliphatic carboxylic acids is 1. The average Bonchev–Trinajstić information content (AvgIpc) is 2.81.